The first-order valence-electron chi connectivity index (χ1n) is 7.74. The maximum atomic E-state index is 12.4. The highest BCUT2D eigenvalue weighted by molar-refractivity contribution is 5.77. The SMILES string of the molecule is CN(C)CC(NC(=O)CC1(CN)CCC1)c1ccccc1. The van der Waals surface area contributed by atoms with Gasteiger partial charge in [-0.2, -0.15) is 0 Å². The number of carbonyl (C=O) groups excluding carboxylic acids is 1. The van der Waals surface area contributed by atoms with Gasteiger partial charge >= 0.3 is 0 Å². The van der Waals surface area contributed by atoms with Crippen molar-refractivity contribution in [1.29, 1.82) is 0 Å². The average molecular weight is 289 g/mol. The monoisotopic (exact) mass is 289 g/mol. The Kier molecular flexibility index (Phi) is 5.37. The molecule has 1 aliphatic carbocycles. The van der Waals surface area contributed by atoms with Gasteiger partial charge in [0.1, 0.15) is 0 Å². The van der Waals surface area contributed by atoms with Crippen LogP contribution in [0.3, 0.4) is 0 Å². The first-order valence-corrected chi connectivity index (χ1v) is 7.74. The Labute approximate surface area is 127 Å². The van der Waals surface area contributed by atoms with Crippen molar-refractivity contribution in [2.24, 2.45) is 11.1 Å². The first-order chi connectivity index (χ1) is 10.0. The third-order valence-electron chi connectivity index (χ3n) is 4.47. The van der Waals surface area contributed by atoms with Crippen molar-refractivity contribution in [1.82, 2.24) is 10.2 Å². The molecule has 0 radical (unpaired) electrons. The van der Waals surface area contributed by atoms with Crippen molar-refractivity contribution in [2.75, 3.05) is 27.2 Å². The largest absolute Gasteiger partial charge is 0.348 e. The number of likely N-dealkylation sites (N-methyl/N-ethyl adjacent to an activating group) is 1. The average Bonchev–Trinajstić information content (AvgIpc) is 2.43. The van der Waals surface area contributed by atoms with E-state index in [1.165, 1.54) is 6.42 Å². The third kappa shape index (κ3) is 4.29. The number of amides is 1. The molecular weight excluding hydrogens is 262 g/mol. The van der Waals surface area contributed by atoms with Crippen molar-refractivity contribution in [3.63, 3.8) is 0 Å². The molecule has 0 spiro atoms. The van der Waals surface area contributed by atoms with Gasteiger partial charge in [0.15, 0.2) is 0 Å². The molecule has 0 heterocycles. The van der Waals surface area contributed by atoms with Gasteiger partial charge in [-0.1, -0.05) is 36.8 Å². The smallest absolute Gasteiger partial charge is 0.221 e. The van der Waals surface area contributed by atoms with Gasteiger partial charge in [-0.3, -0.25) is 4.79 Å². The van der Waals surface area contributed by atoms with Gasteiger partial charge in [0.05, 0.1) is 6.04 Å². The second-order valence-corrected chi connectivity index (χ2v) is 6.53. The molecule has 3 N–H and O–H groups in total. The molecule has 0 aliphatic heterocycles. The lowest BCUT2D eigenvalue weighted by molar-refractivity contribution is -0.125. The number of hydrogen-bond acceptors (Lipinski definition) is 3. The summed E-state index contributed by atoms with van der Waals surface area (Å²) < 4.78 is 0. The fraction of sp³-hybridized carbons (Fsp3) is 0.588. The van der Waals surface area contributed by atoms with Crippen LogP contribution in [0.1, 0.15) is 37.3 Å². The van der Waals surface area contributed by atoms with E-state index in [1.54, 1.807) is 0 Å². The molecule has 4 heteroatoms. The van der Waals surface area contributed by atoms with Gasteiger partial charge in [0.2, 0.25) is 5.91 Å². The number of nitrogens with one attached hydrogen (secondary N) is 1. The highest BCUT2D eigenvalue weighted by Crippen LogP contribution is 2.42. The molecular formula is C17H27N3O. The number of carbonyl (C=O) groups is 1. The van der Waals surface area contributed by atoms with E-state index in [4.69, 9.17) is 5.73 Å². The second kappa shape index (κ2) is 7.05. The lowest BCUT2D eigenvalue weighted by atomic mass is 9.66. The summed E-state index contributed by atoms with van der Waals surface area (Å²) >= 11 is 0. The summed E-state index contributed by atoms with van der Waals surface area (Å²) in [7, 11) is 4.05. The van der Waals surface area contributed by atoms with Crippen molar-refractivity contribution in [2.45, 2.75) is 31.7 Å². The maximum absolute atomic E-state index is 12.4. The van der Waals surface area contributed by atoms with E-state index in [9.17, 15) is 4.79 Å². The van der Waals surface area contributed by atoms with E-state index >= 15 is 0 Å². The van der Waals surface area contributed by atoms with Crippen LogP contribution in [0.5, 0.6) is 0 Å². The standard InChI is InChI=1S/C17H27N3O/c1-20(2)12-15(14-7-4-3-5-8-14)19-16(21)11-17(13-18)9-6-10-17/h3-5,7-8,15H,6,9-13,18H2,1-2H3,(H,19,21). The Morgan fingerprint density at radius 2 is 2.00 bits per heavy atom. The van der Waals surface area contributed by atoms with Gasteiger partial charge in [0.25, 0.3) is 0 Å². The van der Waals surface area contributed by atoms with Crippen LogP contribution < -0.4 is 11.1 Å². The summed E-state index contributed by atoms with van der Waals surface area (Å²) in [6.07, 6.45) is 3.92. The highest BCUT2D eigenvalue weighted by atomic mass is 16.1. The van der Waals surface area contributed by atoms with Gasteiger partial charge in [-0.15, -0.1) is 0 Å². The molecule has 1 aliphatic rings. The molecule has 1 fully saturated rings. The fourth-order valence-electron chi connectivity index (χ4n) is 3.00. The van der Waals surface area contributed by atoms with Crippen LogP contribution in [0.15, 0.2) is 30.3 Å². The van der Waals surface area contributed by atoms with Gasteiger partial charge < -0.3 is 16.0 Å². The second-order valence-electron chi connectivity index (χ2n) is 6.53. The van der Waals surface area contributed by atoms with E-state index in [1.807, 2.05) is 32.3 Å². The summed E-state index contributed by atoms with van der Waals surface area (Å²) in [4.78, 5) is 14.5. The fourth-order valence-corrected chi connectivity index (χ4v) is 3.00. The molecule has 2 rings (SSSR count). The quantitative estimate of drug-likeness (QED) is 0.806. The van der Waals surface area contributed by atoms with E-state index in [0.29, 0.717) is 13.0 Å². The molecule has 1 aromatic rings. The Morgan fingerprint density at radius 1 is 1.33 bits per heavy atom. The van der Waals surface area contributed by atoms with Crippen LogP contribution in [0, 0.1) is 5.41 Å². The topological polar surface area (TPSA) is 58.4 Å². The van der Waals surface area contributed by atoms with Gasteiger partial charge in [-0.05, 0) is 44.5 Å². The van der Waals surface area contributed by atoms with Crippen LogP contribution in [0.4, 0.5) is 0 Å². The molecule has 0 aromatic heterocycles. The Bertz CT molecular complexity index is 449. The van der Waals surface area contributed by atoms with Crippen LogP contribution in [-0.4, -0.2) is 38.0 Å². The van der Waals surface area contributed by atoms with Crippen molar-refractivity contribution < 1.29 is 4.79 Å². The normalized spacial score (nSPS) is 18.1. The third-order valence-corrected chi connectivity index (χ3v) is 4.47. The summed E-state index contributed by atoms with van der Waals surface area (Å²) in [6.45, 7) is 1.41. The zero-order valence-electron chi connectivity index (χ0n) is 13.1. The number of hydrogen-bond donors (Lipinski definition) is 2. The maximum Gasteiger partial charge on any atom is 0.221 e. The number of benzene rings is 1. The minimum Gasteiger partial charge on any atom is -0.348 e. The predicted octanol–water partition coefficient (Wildman–Crippen LogP) is 1.92. The van der Waals surface area contributed by atoms with Crippen molar-refractivity contribution in [3.05, 3.63) is 35.9 Å². The minimum atomic E-state index is 0.0311. The molecule has 4 nitrogen and oxygen atoms in total. The molecule has 21 heavy (non-hydrogen) atoms. The molecule has 1 atom stereocenters. The molecule has 1 aromatic carbocycles. The van der Waals surface area contributed by atoms with E-state index in [2.05, 4.69) is 22.3 Å². The predicted molar refractivity (Wildman–Crippen MR) is 85.8 cm³/mol. The lowest BCUT2D eigenvalue weighted by Crippen LogP contribution is -2.43. The Hall–Kier alpha value is -1.39. The van der Waals surface area contributed by atoms with Crippen LogP contribution in [0.25, 0.3) is 0 Å². The number of nitrogens with zero attached hydrogens (tertiary/aromatic N) is 1. The molecule has 1 amide bonds. The van der Waals surface area contributed by atoms with E-state index in [-0.39, 0.29) is 17.4 Å². The van der Waals surface area contributed by atoms with E-state index < -0.39 is 0 Å². The molecule has 0 saturated heterocycles. The zero-order valence-corrected chi connectivity index (χ0v) is 13.1. The van der Waals surface area contributed by atoms with Crippen LogP contribution in [0.2, 0.25) is 0 Å². The van der Waals surface area contributed by atoms with Gasteiger partial charge in [0, 0.05) is 13.0 Å². The first kappa shape index (κ1) is 16.0. The van der Waals surface area contributed by atoms with E-state index in [0.717, 1.165) is 24.9 Å². The highest BCUT2D eigenvalue weighted by Gasteiger charge is 2.37. The summed E-state index contributed by atoms with van der Waals surface area (Å²) in [5.41, 5.74) is 7.06. The number of nitrogens with two attached hydrogens (primary N) is 1. The van der Waals surface area contributed by atoms with Crippen molar-refractivity contribution >= 4 is 5.91 Å². The molecule has 0 bridgehead atoms. The van der Waals surface area contributed by atoms with Crippen LogP contribution in [-0.2, 0) is 4.79 Å². The van der Waals surface area contributed by atoms with Gasteiger partial charge in [-0.25, -0.2) is 0 Å². The summed E-state index contributed by atoms with van der Waals surface area (Å²) in [6, 6.07) is 10.2. The Morgan fingerprint density at radius 3 is 2.48 bits per heavy atom. The minimum absolute atomic E-state index is 0.0311. The summed E-state index contributed by atoms with van der Waals surface area (Å²) in [5, 5.41) is 3.19. The Balaban J connectivity index is 1.99. The molecule has 116 valence electrons. The van der Waals surface area contributed by atoms with Crippen LogP contribution >= 0.6 is 0 Å². The molecule has 1 unspecified atom stereocenters. The lowest BCUT2D eigenvalue weighted by Gasteiger charge is -2.40. The summed E-state index contributed by atoms with van der Waals surface area (Å²) in [5.74, 6) is 0.121. The van der Waals surface area contributed by atoms with Crippen molar-refractivity contribution in [3.8, 4) is 0 Å². The molecule has 1 saturated carbocycles. The zero-order chi connectivity index (χ0) is 15.3. The number of rotatable bonds is 7.